The monoisotopic (exact) mass is 515 g/mol. The lowest BCUT2D eigenvalue weighted by molar-refractivity contribution is 0.0542. The highest BCUT2D eigenvalue weighted by Crippen LogP contribution is 2.41. The predicted octanol–water partition coefficient (Wildman–Crippen LogP) is 4.47. The Labute approximate surface area is 219 Å². The zero-order valence-electron chi connectivity index (χ0n) is 21.9. The van der Waals surface area contributed by atoms with Gasteiger partial charge in [-0.2, -0.15) is 0 Å². The van der Waals surface area contributed by atoms with E-state index >= 15 is 4.39 Å². The third-order valence-electron chi connectivity index (χ3n) is 7.48. The summed E-state index contributed by atoms with van der Waals surface area (Å²) >= 11 is 0. The number of fused-ring (bicyclic) bond motifs is 3. The number of hydrogen-bond acceptors (Lipinski definition) is 7. The highest BCUT2D eigenvalue weighted by atomic mass is 19.1. The van der Waals surface area contributed by atoms with Crippen LogP contribution in [0, 0.1) is 18.7 Å². The molecule has 1 N–H and O–H groups in total. The van der Waals surface area contributed by atoms with Crippen LogP contribution in [0.3, 0.4) is 0 Å². The van der Waals surface area contributed by atoms with Gasteiger partial charge in [-0.1, -0.05) is 5.21 Å². The van der Waals surface area contributed by atoms with Crippen molar-refractivity contribution in [3.8, 4) is 11.3 Å². The zero-order chi connectivity index (χ0) is 26.6. The summed E-state index contributed by atoms with van der Waals surface area (Å²) < 4.78 is 25.0. The van der Waals surface area contributed by atoms with E-state index in [-0.39, 0.29) is 11.7 Å². The first kappa shape index (κ1) is 24.6. The molecule has 10 heteroatoms. The van der Waals surface area contributed by atoms with E-state index in [1.807, 2.05) is 26.2 Å². The molecule has 5 aromatic rings. The van der Waals surface area contributed by atoms with Gasteiger partial charge < -0.3 is 14.4 Å². The summed E-state index contributed by atoms with van der Waals surface area (Å²) in [6.07, 6.45) is 6.73. The van der Waals surface area contributed by atoms with Crippen molar-refractivity contribution >= 4 is 21.9 Å². The highest BCUT2D eigenvalue weighted by molar-refractivity contribution is 6.06. The standard InChI is InChI=1S/C28H30FN7O2/c1-16-26(35(4)34-33-16)18-12-22-24(32-14-18)19-15-31-23(28(2,3)37)13-21(19)36(22)27(17-7-10-38-11-8-17)25-20(29)6-5-9-30-25/h5-6,9,12-15,17,27,37H,7-8,10-11H2,1-4H3/t27-/m1/s1. The molecule has 1 fully saturated rings. The summed E-state index contributed by atoms with van der Waals surface area (Å²) in [6.45, 7) is 6.53. The summed E-state index contributed by atoms with van der Waals surface area (Å²) in [5, 5.41) is 20.0. The molecule has 196 valence electrons. The molecule has 0 saturated carbocycles. The van der Waals surface area contributed by atoms with Crippen molar-refractivity contribution < 1.29 is 14.2 Å². The minimum atomic E-state index is -1.16. The van der Waals surface area contributed by atoms with Gasteiger partial charge >= 0.3 is 0 Å². The molecule has 1 saturated heterocycles. The average Bonchev–Trinajstić information content (AvgIpc) is 3.41. The molecule has 5 aromatic heterocycles. The van der Waals surface area contributed by atoms with E-state index in [4.69, 9.17) is 9.72 Å². The normalized spacial score (nSPS) is 15.9. The summed E-state index contributed by atoms with van der Waals surface area (Å²) in [7, 11) is 1.85. The molecule has 1 aliphatic rings. The van der Waals surface area contributed by atoms with Crippen LogP contribution in [0.5, 0.6) is 0 Å². The molecule has 0 spiro atoms. The van der Waals surface area contributed by atoms with E-state index in [1.54, 1.807) is 37.0 Å². The van der Waals surface area contributed by atoms with Crippen molar-refractivity contribution in [2.24, 2.45) is 13.0 Å². The predicted molar refractivity (Wildman–Crippen MR) is 141 cm³/mol. The Bertz CT molecular complexity index is 1630. The van der Waals surface area contributed by atoms with E-state index in [9.17, 15) is 5.11 Å². The summed E-state index contributed by atoms with van der Waals surface area (Å²) in [5.41, 5.74) is 4.64. The SMILES string of the molecule is Cc1nnn(C)c1-c1cnc2c3cnc(C(C)(C)O)cc3n([C@@H](c3ncccc3F)C3CCOCC3)c2c1. The van der Waals surface area contributed by atoms with Gasteiger partial charge in [0.1, 0.15) is 11.4 Å². The maximum atomic E-state index is 15.5. The smallest absolute Gasteiger partial charge is 0.146 e. The van der Waals surface area contributed by atoms with Gasteiger partial charge in [-0.3, -0.25) is 15.0 Å². The molecule has 38 heavy (non-hydrogen) atoms. The molecule has 6 rings (SSSR count). The minimum absolute atomic E-state index is 0.0782. The quantitative estimate of drug-likeness (QED) is 0.368. The number of pyridine rings is 3. The Balaban J connectivity index is 1.71. The maximum Gasteiger partial charge on any atom is 0.146 e. The molecular formula is C28H30FN7O2. The molecule has 1 aliphatic heterocycles. The number of hydrogen-bond donors (Lipinski definition) is 1. The van der Waals surface area contributed by atoms with Crippen LogP contribution in [0.25, 0.3) is 33.2 Å². The Morgan fingerprint density at radius 2 is 1.89 bits per heavy atom. The van der Waals surface area contributed by atoms with Crippen LogP contribution >= 0.6 is 0 Å². The molecule has 0 amide bonds. The zero-order valence-corrected chi connectivity index (χ0v) is 21.9. The van der Waals surface area contributed by atoms with E-state index in [0.29, 0.717) is 24.6 Å². The Hall–Kier alpha value is -3.76. The van der Waals surface area contributed by atoms with Crippen LogP contribution in [0.4, 0.5) is 4.39 Å². The Morgan fingerprint density at radius 3 is 2.58 bits per heavy atom. The molecule has 0 radical (unpaired) electrons. The van der Waals surface area contributed by atoms with E-state index < -0.39 is 11.6 Å². The van der Waals surface area contributed by atoms with Crippen molar-refractivity contribution in [2.45, 2.75) is 45.3 Å². The van der Waals surface area contributed by atoms with Gasteiger partial charge in [0.2, 0.25) is 0 Å². The second-order valence-electron chi connectivity index (χ2n) is 10.5. The van der Waals surface area contributed by atoms with Crippen molar-refractivity contribution in [1.82, 2.24) is 34.5 Å². The number of ether oxygens (including phenoxy) is 1. The van der Waals surface area contributed by atoms with Gasteiger partial charge in [0.15, 0.2) is 0 Å². The fourth-order valence-electron chi connectivity index (χ4n) is 5.62. The van der Waals surface area contributed by atoms with E-state index in [0.717, 1.165) is 51.7 Å². The van der Waals surface area contributed by atoms with Crippen molar-refractivity contribution in [1.29, 1.82) is 0 Å². The number of aryl methyl sites for hydroxylation is 2. The fourth-order valence-corrected chi connectivity index (χ4v) is 5.62. The van der Waals surface area contributed by atoms with Crippen LogP contribution in [-0.4, -0.2) is 52.8 Å². The van der Waals surface area contributed by atoms with Gasteiger partial charge in [-0.15, -0.1) is 5.10 Å². The summed E-state index contributed by atoms with van der Waals surface area (Å²) in [5.74, 6) is -0.277. The third kappa shape index (κ3) is 4.04. The molecule has 0 aliphatic carbocycles. The van der Waals surface area contributed by atoms with Crippen LogP contribution in [0.1, 0.15) is 49.8 Å². The molecular weight excluding hydrogens is 485 g/mol. The lowest BCUT2D eigenvalue weighted by atomic mass is 9.88. The third-order valence-corrected chi connectivity index (χ3v) is 7.48. The molecule has 9 nitrogen and oxygen atoms in total. The number of rotatable bonds is 5. The summed E-state index contributed by atoms with van der Waals surface area (Å²) in [6, 6.07) is 6.60. The topological polar surface area (TPSA) is 104 Å². The van der Waals surface area contributed by atoms with Crippen molar-refractivity contribution in [3.05, 3.63) is 65.8 Å². The maximum absolute atomic E-state index is 15.5. The number of aromatic nitrogens is 7. The molecule has 0 unspecified atom stereocenters. The second kappa shape index (κ2) is 9.21. The first-order valence-electron chi connectivity index (χ1n) is 12.8. The second-order valence-corrected chi connectivity index (χ2v) is 10.5. The highest BCUT2D eigenvalue weighted by Gasteiger charge is 2.33. The Kier molecular flexibility index (Phi) is 5.96. The number of halogens is 1. The number of aliphatic hydroxyl groups is 1. The van der Waals surface area contributed by atoms with E-state index in [2.05, 4.69) is 30.9 Å². The van der Waals surface area contributed by atoms with Gasteiger partial charge in [-0.25, -0.2) is 9.07 Å². The fraction of sp³-hybridized carbons (Fsp3) is 0.393. The van der Waals surface area contributed by atoms with Gasteiger partial charge in [0.05, 0.1) is 45.4 Å². The lowest BCUT2D eigenvalue weighted by Crippen LogP contribution is -2.28. The summed E-state index contributed by atoms with van der Waals surface area (Å²) in [4.78, 5) is 14.0. The first-order valence-corrected chi connectivity index (χ1v) is 12.8. The molecule has 0 bridgehead atoms. The van der Waals surface area contributed by atoms with Gasteiger partial charge in [0.25, 0.3) is 0 Å². The van der Waals surface area contributed by atoms with Gasteiger partial charge in [-0.05, 0) is 63.8 Å². The van der Waals surface area contributed by atoms with E-state index in [1.165, 1.54) is 6.07 Å². The largest absolute Gasteiger partial charge is 0.384 e. The Morgan fingerprint density at radius 1 is 1.11 bits per heavy atom. The lowest BCUT2D eigenvalue weighted by Gasteiger charge is -2.32. The van der Waals surface area contributed by atoms with Crippen molar-refractivity contribution in [3.63, 3.8) is 0 Å². The minimum Gasteiger partial charge on any atom is -0.384 e. The van der Waals surface area contributed by atoms with Crippen LogP contribution < -0.4 is 0 Å². The number of nitrogens with zero attached hydrogens (tertiary/aromatic N) is 7. The van der Waals surface area contributed by atoms with Crippen LogP contribution in [-0.2, 0) is 17.4 Å². The van der Waals surface area contributed by atoms with Crippen LogP contribution in [0.2, 0.25) is 0 Å². The van der Waals surface area contributed by atoms with Crippen LogP contribution in [0.15, 0.2) is 42.9 Å². The average molecular weight is 516 g/mol. The molecule has 6 heterocycles. The molecule has 1 atom stereocenters. The van der Waals surface area contributed by atoms with Crippen molar-refractivity contribution in [2.75, 3.05) is 13.2 Å². The first-order chi connectivity index (χ1) is 18.2. The van der Waals surface area contributed by atoms with Gasteiger partial charge in [0, 0.05) is 49.8 Å². The molecule has 0 aromatic carbocycles.